The average molecular weight is 190 g/mol. The van der Waals surface area contributed by atoms with Crippen LogP contribution in [0.15, 0.2) is 0 Å². The van der Waals surface area contributed by atoms with E-state index < -0.39 is 17.5 Å². The minimum Gasteiger partial charge on any atom is -0.466 e. The van der Waals surface area contributed by atoms with Crippen molar-refractivity contribution in [3.05, 3.63) is 0 Å². The summed E-state index contributed by atoms with van der Waals surface area (Å²) >= 11 is 0. The highest BCUT2D eigenvalue weighted by Crippen LogP contribution is 2.18. The van der Waals surface area contributed by atoms with E-state index in [0.717, 1.165) is 0 Å². The number of rotatable bonds is 5. The second-order valence-electron chi connectivity index (χ2n) is 3.26. The first-order chi connectivity index (χ1) is 5.95. The van der Waals surface area contributed by atoms with Crippen LogP contribution in [-0.4, -0.2) is 37.0 Å². The SMILES string of the molecule is CCOC(=O)C(C)C(C)(O)COC. The molecular formula is C9H18O4. The summed E-state index contributed by atoms with van der Waals surface area (Å²) < 4.78 is 9.58. The number of carbonyl (C=O) groups is 1. The molecule has 4 heteroatoms. The highest BCUT2D eigenvalue weighted by atomic mass is 16.5. The fourth-order valence-corrected chi connectivity index (χ4v) is 0.938. The number of carbonyl (C=O) groups excluding carboxylic acids is 1. The molecule has 2 unspecified atom stereocenters. The van der Waals surface area contributed by atoms with Crippen LogP contribution >= 0.6 is 0 Å². The molecule has 0 radical (unpaired) electrons. The normalized spacial score (nSPS) is 17.6. The molecule has 0 aliphatic rings. The van der Waals surface area contributed by atoms with Gasteiger partial charge in [0.2, 0.25) is 0 Å². The molecule has 0 aromatic rings. The van der Waals surface area contributed by atoms with E-state index in [-0.39, 0.29) is 6.61 Å². The summed E-state index contributed by atoms with van der Waals surface area (Å²) in [5.74, 6) is -0.975. The van der Waals surface area contributed by atoms with Crippen molar-refractivity contribution in [1.82, 2.24) is 0 Å². The maximum absolute atomic E-state index is 11.2. The largest absolute Gasteiger partial charge is 0.466 e. The van der Waals surface area contributed by atoms with Gasteiger partial charge in [0, 0.05) is 7.11 Å². The molecule has 0 aliphatic heterocycles. The first kappa shape index (κ1) is 12.4. The number of methoxy groups -OCH3 is 1. The molecule has 0 saturated heterocycles. The summed E-state index contributed by atoms with van der Waals surface area (Å²) in [6.45, 7) is 5.35. The van der Waals surface area contributed by atoms with Crippen molar-refractivity contribution in [2.45, 2.75) is 26.4 Å². The zero-order chi connectivity index (χ0) is 10.5. The molecule has 1 N–H and O–H groups in total. The Kier molecular flexibility index (Phi) is 4.95. The van der Waals surface area contributed by atoms with Crippen molar-refractivity contribution in [2.24, 2.45) is 5.92 Å². The molecule has 13 heavy (non-hydrogen) atoms. The van der Waals surface area contributed by atoms with Crippen LogP contribution < -0.4 is 0 Å². The van der Waals surface area contributed by atoms with E-state index in [9.17, 15) is 9.90 Å². The summed E-state index contributed by atoms with van der Waals surface area (Å²) in [6.07, 6.45) is 0. The standard InChI is InChI=1S/C9H18O4/c1-5-13-8(10)7(2)9(3,11)6-12-4/h7,11H,5-6H2,1-4H3. The number of ether oxygens (including phenoxy) is 2. The Hall–Kier alpha value is -0.610. The predicted octanol–water partition coefficient (Wildman–Crippen LogP) is 0.583. The quantitative estimate of drug-likeness (QED) is 0.644. The smallest absolute Gasteiger partial charge is 0.311 e. The van der Waals surface area contributed by atoms with E-state index in [1.165, 1.54) is 7.11 Å². The molecule has 0 aliphatic carbocycles. The zero-order valence-electron chi connectivity index (χ0n) is 8.66. The highest BCUT2D eigenvalue weighted by molar-refractivity contribution is 5.73. The minimum atomic E-state index is -1.17. The van der Waals surface area contributed by atoms with E-state index in [1.54, 1.807) is 20.8 Å². The third-order valence-electron chi connectivity index (χ3n) is 2.01. The molecule has 0 fully saturated rings. The van der Waals surface area contributed by atoms with E-state index in [2.05, 4.69) is 0 Å². The van der Waals surface area contributed by atoms with Crippen LogP contribution in [0.5, 0.6) is 0 Å². The van der Waals surface area contributed by atoms with Crippen LogP contribution in [-0.2, 0) is 14.3 Å². The van der Waals surface area contributed by atoms with Crippen LogP contribution in [0.1, 0.15) is 20.8 Å². The Morgan fingerprint density at radius 1 is 1.62 bits per heavy atom. The lowest BCUT2D eigenvalue weighted by molar-refractivity contribution is -0.159. The Morgan fingerprint density at radius 3 is 2.54 bits per heavy atom. The lowest BCUT2D eigenvalue weighted by atomic mass is 9.92. The fraction of sp³-hybridized carbons (Fsp3) is 0.889. The molecule has 0 rings (SSSR count). The van der Waals surface area contributed by atoms with Crippen LogP contribution in [0.2, 0.25) is 0 Å². The fourth-order valence-electron chi connectivity index (χ4n) is 0.938. The second-order valence-corrected chi connectivity index (χ2v) is 3.26. The van der Waals surface area contributed by atoms with Crippen LogP contribution in [0.4, 0.5) is 0 Å². The first-order valence-corrected chi connectivity index (χ1v) is 4.33. The van der Waals surface area contributed by atoms with Crippen molar-refractivity contribution in [3.8, 4) is 0 Å². The maximum atomic E-state index is 11.2. The van der Waals surface area contributed by atoms with Gasteiger partial charge in [0.05, 0.1) is 24.7 Å². The van der Waals surface area contributed by atoms with Gasteiger partial charge in [-0.2, -0.15) is 0 Å². The van der Waals surface area contributed by atoms with Crippen molar-refractivity contribution >= 4 is 5.97 Å². The molecule has 0 bridgehead atoms. The molecule has 4 nitrogen and oxygen atoms in total. The van der Waals surface area contributed by atoms with Crippen molar-refractivity contribution in [1.29, 1.82) is 0 Å². The van der Waals surface area contributed by atoms with Gasteiger partial charge in [0.1, 0.15) is 0 Å². The summed E-state index contributed by atoms with van der Waals surface area (Å²) in [5, 5.41) is 9.75. The van der Waals surface area contributed by atoms with Crippen molar-refractivity contribution < 1.29 is 19.4 Å². The van der Waals surface area contributed by atoms with Gasteiger partial charge in [-0.3, -0.25) is 4.79 Å². The topological polar surface area (TPSA) is 55.8 Å². The molecule has 0 aromatic heterocycles. The molecule has 0 heterocycles. The van der Waals surface area contributed by atoms with Crippen molar-refractivity contribution in [2.75, 3.05) is 20.3 Å². The summed E-state index contributed by atoms with van der Waals surface area (Å²) in [4.78, 5) is 11.2. The van der Waals surface area contributed by atoms with E-state index >= 15 is 0 Å². The molecule has 0 spiro atoms. The molecule has 0 saturated carbocycles. The summed E-state index contributed by atoms with van der Waals surface area (Å²) in [5.41, 5.74) is -1.17. The van der Waals surface area contributed by atoms with Gasteiger partial charge < -0.3 is 14.6 Å². The monoisotopic (exact) mass is 190 g/mol. The summed E-state index contributed by atoms with van der Waals surface area (Å²) in [6, 6.07) is 0. The van der Waals surface area contributed by atoms with Gasteiger partial charge in [-0.25, -0.2) is 0 Å². The Labute approximate surface area is 78.8 Å². The Bertz CT molecular complexity index is 165. The average Bonchev–Trinajstić information content (AvgIpc) is 2.03. The van der Waals surface area contributed by atoms with Gasteiger partial charge in [-0.1, -0.05) is 0 Å². The zero-order valence-corrected chi connectivity index (χ0v) is 8.66. The molecule has 0 amide bonds. The highest BCUT2D eigenvalue weighted by Gasteiger charge is 2.34. The molecule has 2 atom stereocenters. The van der Waals surface area contributed by atoms with E-state index in [0.29, 0.717) is 6.61 Å². The second kappa shape index (κ2) is 5.19. The van der Waals surface area contributed by atoms with E-state index in [4.69, 9.17) is 9.47 Å². The lowest BCUT2D eigenvalue weighted by Gasteiger charge is -2.27. The predicted molar refractivity (Wildman–Crippen MR) is 48.3 cm³/mol. The van der Waals surface area contributed by atoms with Gasteiger partial charge in [0.15, 0.2) is 0 Å². The Morgan fingerprint density at radius 2 is 2.15 bits per heavy atom. The van der Waals surface area contributed by atoms with Crippen LogP contribution in [0.3, 0.4) is 0 Å². The number of esters is 1. The van der Waals surface area contributed by atoms with Gasteiger partial charge >= 0.3 is 5.97 Å². The maximum Gasteiger partial charge on any atom is 0.311 e. The van der Waals surface area contributed by atoms with Gasteiger partial charge in [0.25, 0.3) is 0 Å². The minimum absolute atomic E-state index is 0.118. The summed E-state index contributed by atoms with van der Waals surface area (Å²) in [7, 11) is 1.48. The van der Waals surface area contributed by atoms with Crippen LogP contribution in [0, 0.1) is 5.92 Å². The van der Waals surface area contributed by atoms with Crippen LogP contribution in [0.25, 0.3) is 0 Å². The lowest BCUT2D eigenvalue weighted by Crippen LogP contribution is -2.42. The Balaban J connectivity index is 4.21. The van der Waals surface area contributed by atoms with Gasteiger partial charge in [-0.15, -0.1) is 0 Å². The van der Waals surface area contributed by atoms with Gasteiger partial charge in [-0.05, 0) is 20.8 Å². The molecular weight excluding hydrogens is 172 g/mol. The third-order valence-corrected chi connectivity index (χ3v) is 2.01. The third kappa shape index (κ3) is 3.74. The number of aliphatic hydroxyl groups is 1. The number of hydrogen-bond donors (Lipinski definition) is 1. The van der Waals surface area contributed by atoms with Crippen molar-refractivity contribution in [3.63, 3.8) is 0 Å². The number of hydrogen-bond acceptors (Lipinski definition) is 4. The van der Waals surface area contributed by atoms with E-state index in [1.807, 2.05) is 0 Å². The molecule has 0 aromatic carbocycles. The molecule has 78 valence electrons. The first-order valence-electron chi connectivity index (χ1n) is 4.33.